The smallest absolute Gasteiger partial charge is 0.107 e. The predicted octanol–water partition coefficient (Wildman–Crippen LogP) is 3.45. The van der Waals surface area contributed by atoms with Crippen molar-refractivity contribution >= 4 is 11.3 Å². The summed E-state index contributed by atoms with van der Waals surface area (Å²) < 4.78 is 0. The summed E-state index contributed by atoms with van der Waals surface area (Å²) in [6, 6.07) is 3.99. The van der Waals surface area contributed by atoms with Crippen LogP contribution in [0.25, 0.3) is 32.4 Å². The molecule has 0 aromatic carbocycles. The molecule has 0 radical (unpaired) electrons. The predicted molar refractivity (Wildman–Crippen MR) is 80.6 cm³/mol. The first-order valence-electron chi connectivity index (χ1n) is 6.28. The normalized spacial score (nSPS) is 10.3. The molecular weight excluding hydrogens is 286 g/mol. The van der Waals surface area contributed by atoms with E-state index in [4.69, 9.17) is 5.53 Å². The third-order valence-corrected chi connectivity index (χ3v) is 3.84. The Morgan fingerprint density at radius 2 is 2.33 bits per heavy atom. The van der Waals surface area contributed by atoms with Gasteiger partial charge in [-0.15, -0.1) is 11.3 Å². The molecule has 0 saturated carbocycles. The van der Waals surface area contributed by atoms with Gasteiger partial charge < -0.3 is 0 Å². The lowest BCUT2D eigenvalue weighted by molar-refractivity contribution is 0.959. The molecule has 104 valence electrons. The molecule has 3 heterocycles. The highest BCUT2D eigenvalue weighted by Crippen LogP contribution is 2.32. The second kappa shape index (κ2) is 6.17. The standard InChI is InChI=1S/C13H11N7S/c14-20-17-4-3-9-12(10-8-15-5-6-16-10)18-19-13(9)11-2-1-7-21-11/h1-2,5-8H,3-4H2,(H,18,19). The summed E-state index contributed by atoms with van der Waals surface area (Å²) in [7, 11) is 0. The van der Waals surface area contributed by atoms with E-state index in [2.05, 4.69) is 30.2 Å². The Labute approximate surface area is 124 Å². The molecule has 1 N–H and O–H groups in total. The molecule has 0 amide bonds. The Morgan fingerprint density at radius 1 is 1.38 bits per heavy atom. The molecule has 8 heteroatoms. The largest absolute Gasteiger partial charge is 0.275 e. The van der Waals surface area contributed by atoms with E-state index in [0.717, 1.165) is 27.5 Å². The summed E-state index contributed by atoms with van der Waals surface area (Å²) in [5.41, 5.74) is 11.9. The minimum absolute atomic E-state index is 0.377. The number of aromatic amines is 1. The van der Waals surface area contributed by atoms with E-state index in [9.17, 15) is 0 Å². The van der Waals surface area contributed by atoms with Crippen LogP contribution in [0, 0.1) is 0 Å². The molecule has 0 aliphatic carbocycles. The number of nitrogens with one attached hydrogen (secondary N) is 1. The van der Waals surface area contributed by atoms with E-state index in [1.54, 1.807) is 29.9 Å². The Balaban J connectivity index is 2.06. The quantitative estimate of drug-likeness (QED) is 0.443. The lowest BCUT2D eigenvalue weighted by atomic mass is 10.1. The first-order chi connectivity index (χ1) is 10.4. The van der Waals surface area contributed by atoms with Crippen LogP contribution >= 0.6 is 11.3 Å². The molecule has 7 nitrogen and oxygen atoms in total. The Bertz CT molecular complexity index is 757. The van der Waals surface area contributed by atoms with Crippen molar-refractivity contribution in [2.75, 3.05) is 6.54 Å². The van der Waals surface area contributed by atoms with Gasteiger partial charge in [-0.05, 0) is 23.4 Å². The summed E-state index contributed by atoms with van der Waals surface area (Å²) in [6.45, 7) is 0.377. The Morgan fingerprint density at radius 3 is 3.05 bits per heavy atom. The van der Waals surface area contributed by atoms with Gasteiger partial charge in [-0.1, -0.05) is 11.2 Å². The second-order valence-electron chi connectivity index (χ2n) is 4.20. The number of H-pyrrole nitrogens is 1. The van der Waals surface area contributed by atoms with Gasteiger partial charge >= 0.3 is 0 Å². The van der Waals surface area contributed by atoms with Crippen molar-refractivity contribution in [2.24, 2.45) is 5.11 Å². The average molecular weight is 297 g/mol. The zero-order valence-electron chi connectivity index (χ0n) is 11.0. The summed E-state index contributed by atoms with van der Waals surface area (Å²) in [6.07, 6.45) is 5.54. The van der Waals surface area contributed by atoms with Crippen molar-refractivity contribution in [3.8, 4) is 22.0 Å². The number of nitrogens with zero attached hydrogens (tertiary/aromatic N) is 6. The summed E-state index contributed by atoms with van der Waals surface area (Å²) in [5.74, 6) is 0. The van der Waals surface area contributed by atoms with Crippen LogP contribution in [0.3, 0.4) is 0 Å². The van der Waals surface area contributed by atoms with Gasteiger partial charge in [-0.2, -0.15) is 5.10 Å². The molecule has 0 aliphatic rings. The fourth-order valence-corrected chi connectivity index (χ4v) is 2.81. The van der Waals surface area contributed by atoms with Gasteiger partial charge in [0, 0.05) is 29.4 Å². The van der Waals surface area contributed by atoms with Crippen molar-refractivity contribution in [1.82, 2.24) is 20.2 Å². The lowest BCUT2D eigenvalue weighted by Gasteiger charge is -2.02. The van der Waals surface area contributed by atoms with Crippen molar-refractivity contribution < 1.29 is 0 Å². The minimum Gasteiger partial charge on any atom is -0.275 e. The van der Waals surface area contributed by atoms with Gasteiger partial charge in [-0.25, -0.2) is 0 Å². The Hall–Kier alpha value is -2.70. The molecule has 0 unspecified atom stereocenters. The molecule has 0 bridgehead atoms. The van der Waals surface area contributed by atoms with Crippen molar-refractivity contribution in [2.45, 2.75) is 6.42 Å². The number of hydrogen-bond donors (Lipinski definition) is 1. The maximum Gasteiger partial charge on any atom is 0.107 e. The molecule has 0 atom stereocenters. The van der Waals surface area contributed by atoms with Crippen LogP contribution in [0.4, 0.5) is 0 Å². The summed E-state index contributed by atoms with van der Waals surface area (Å²) >= 11 is 1.62. The van der Waals surface area contributed by atoms with Crippen LogP contribution in [0.2, 0.25) is 0 Å². The highest BCUT2D eigenvalue weighted by Gasteiger charge is 2.17. The number of azide groups is 1. The summed E-state index contributed by atoms with van der Waals surface area (Å²) in [4.78, 5) is 12.2. The van der Waals surface area contributed by atoms with Crippen LogP contribution in [0.1, 0.15) is 5.56 Å². The third-order valence-electron chi connectivity index (χ3n) is 2.97. The van der Waals surface area contributed by atoms with E-state index in [1.165, 1.54) is 0 Å². The number of hydrogen-bond acceptors (Lipinski definition) is 5. The maximum absolute atomic E-state index is 8.45. The van der Waals surface area contributed by atoms with Crippen molar-refractivity contribution in [3.05, 3.63) is 52.1 Å². The lowest BCUT2D eigenvalue weighted by Crippen LogP contribution is -1.94. The monoisotopic (exact) mass is 297 g/mol. The number of thiophene rings is 1. The average Bonchev–Trinajstić information content (AvgIpc) is 3.17. The molecule has 3 aromatic heterocycles. The van der Waals surface area contributed by atoms with Crippen LogP contribution in [-0.2, 0) is 6.42 Å². The summed E-state index contributed by atoms with van der Waals surface area (Å²) in [5, 5.41) is 13.0. The highest BCUT2D eigenvalue weighted by atomic mass is 32.1. The molecular formula is C13H11N7S. The zero-order chi connectivity index (χ0) is 14.5. The van der Waals surface area contributed by atoms with Gasteiger partial charge in [0.15, 0.2) is 0 Å². The van der Waals surface area contributed by atoms with E-state index in [-0.39, 0.29) is 0 Å². The molecule has 3 aromatic rings. The molecule has 0 aliphatic heterocycles. The molecule has 3 rings (SSSR count). The Kier molecular flexibility index (Phi) is 3.90. The number of aromatic nitrogens is 4. The van der Waals surface area contributed by atoms with Gasteiger partial charge in [0.05, 0.1) is 16.8 Å². The molecule has 0 saturated heterocycles. The van der Waals surface area contributed by atoms with Crippen LogP contribution in [0.15, 0.2) is 41.2 Å². The van der Waals surface area contributed by atoms with E-state index >= 15 is 0 Å². The van der Waals surface area contributed by atoms with Crippen molar-refractivity contribution in [3.63, 3.8) is 0 Å². The topological polar surface area (TPSA) is 103 Å². The van der Waals surface area contributed by atoms with Gasteiger partial charge in [0.25, 0.3) is 0 Å². The number of rotatable bonds is 5. The van der Waals surface area contributed by atoms with E-state index < -0.39 is 0 Å². The van der Waals surface area contributed by atoms with Crippen LogP contribution in [0.5, 0.6) is 0 Å². The van der Waals surface area contributed by atoms with Gasteiger partial charge in [0.1, 0.15) is 11.4 Å². The van der Waals surface area contributed by atoms with Crippen LogP contribution in [-0.4, -0.2) is 26.7 Å². The fourth-order valence-electron chi connectivity index (χ4n) is 2.07. The van der Waals surface area contributed by atoms with Gasteiger partial charge in [-0.3, -0.25) is 15.1 Å². The fraction of sp³-hybridized carbons (Fsp3) is 0.154. The molecule has 0 spiro atoms. The third kappa shape index (κ3) is 2.76. The van der Waals surface area contributed by atoms with E-state index in [1.807, 2.05) is 17.5 Å². The van der Waals surface area contributed by atoms with Crippen LogP contribution < -0.4 is 0 Å². The second-order valence-corrected chi connectivity index (χ2v) is 5.15. The van der Waals surface area contributed by atoms with Gasteiger partial charge in [0.2, 0.25) is 0 Å². The molecule has 0 fully saturated rings. The maximum atomic E-state index is 8.45. The van der Waals surface area contributed by atoms with E-state index in [0.29, 0.717) is 13.0 Å². The molecule has 21 heavy (non-hydrogen) atoms. The highest BCUT2D eigenvalue weighted by molar-refractivity contribution is 7.13. The first-order valence-corrected chi connectivity index (χ1v) is 7.16. The zero-order valence-corrected chi connectivity index (χ0v) is 11.8. The first kappa shape index (κ1) is 13.3. The van der Waals surface area contributed by atoms with Crippen molar-refractivity contribution in [1.29, 1.82) is 0 Å². The SMILES string of the molecule is [N-]=[N+]=NCCc1c(-c2cccs2)n[nH]c1-c1cnccn1. The minimum atomic E-state index is 0.377.